The summed E-state index contributed by atoms with van der Waals surface area (Å²) in [4.78, 5) is 12.9. The molecule has 28 heavy (non-hydrogen) atoms. The van der Waals surface area contributed by atoms with Gasteiger partial charge in [0, 0.05) is 17.0 Å². The highest BCUT2D eigenvalue weighted by molar-refractivity contribution is 6.30. The molecular formula is C23H28ClNO3. The third-order valence-corrected chi connectivity index (χ3v) is 6.13. The van der Waals surface area contributed by atoms with Crippen LogP contribution in [0.25, 0.3) is 0 Å². The van der Waals surface area contributed by atoms with Gasteiger partial charge in [-0.3, -0.25) is 4.79 Å². The first-order valence-electron chi connectivity index (χ1n) is 9.78. The zero-order valence-corrected chi connectivity index (χ0v) is 17.3. The summed E-state index contributed by atoms with van der Waals surface area (Å²) in [5.41, 5.74) is 3.99. The lowest BCUT2D eigenvalue weighted by Gasteiger charge is -2.32. The second-order valence-electron chi connectivity index (χ2n) is 7.66. The number of halogens is 1. The van der Waals surface area contributed by atoms with Crippen molar-refractivity contribution in [1.82, 2.24) is 4.90 Å². The molecule has 0 radical (unpaired) electrons. The molecule has 5 heteroatoms. The van der Waals surface area contributed by atoms with Crippen molar-refractivity contribution in [3.8, 4) is 5.75 Å². The van der Waals surface area contributed by atoms with E-state index in [4.69, 9.17) is 21.4 Å². The van der Waals surface area contributed by atoms with Gasteiger partial charge in [0.05, 0.1) is 13.5 Å². The number of hydrogen-bond donors (Lipinski definition) is 1. The maximum atomic E-state index is 10.8. The van der Waals surface area contributed by atoms with Gasteiger partial charge in [-0.15, -0.1) is 0 Å². The van der Waals surface area contributed by atoms with Crippen LogP contribution in [0.4, 0.5) is 0 Å². The zero-order valence-electron chi connectivity index (χ0n) is 16.6. The smallest absolute Gasteiger partial charge is 0.304 e. The Bertz CT molecular complexity index is 821. The van der Waals surface area contributed by atoms with E-state index >= 15 is 0 Å². The molecule has 0 spiro atoms. The minimum Gasteiger partial charge on any atom is -0.497 e. The van der Waals surface area contributed by atoms with Crippen molar-refractivity contribution in [3.05, 3.63) is 64.2 Å². The first-order valence-corrected chi connectivity index (χ1v) is 10.2. The molecule has 4 nitrogen and oxygen atoms in total. The summed E-state index contributed by atoms with van der Waals surface area (Å²) in [6.45, 7) is 1.46. The standard InChI is InChI=1S/C23H28ClNO3/c1-25(15-11-22(26)27)14-3-12-23(18-4-7-20(28-2)8-5-18)13-10-17-16-19(24)6-9-21(17)23/h4-9,16H,3,10-15H2,1-2H3,(H,26,27). The molecule has 0 aromatic heterocycles. The lowest BCUT2D eigenvalue weighted by Crippen LogP contribution is -2.28. The molecule has 1 aliphatic rings. The Balaban J connectivity index is 1.82. The van der Waals surface area contributed by atoms with Crippen LogP contribution in [0, 0.1) is 0 Å². The van der Waals surface area contributed by atoms with Crippen LogP contribution >= 0.6 is 11.6 Å². The second kappa shape index (κ2) is 8.97. The maximum absolute atomic E-state index is 10.8. The highest BCUT2D eigenvalue weighted by Gasteiger charge is 2.39. The Kier molecular flexibility index (Phi) is 6.63. The highest BCUT2D eigenvalue weighted by atomic mass is 35.5. The fourth-order valence-electron chi connectivity index (χ4n) is 4.38. The maximum Gasteiger partial charge on any atom is 0.304 e. The monoisotopic (exact) mass is 401 g/mol. The Hall–Kier alpha value is -2.04. The molecule has 150 valence electrons. The van der Waals surface area contributed by atoms with Gasteiger partial charge in [0.2, 0.25) is 0 Å². The molecule has 0 saturated heterocycles. The number of nitrogens with zero attached hydrogens (tertiary/aromatic N) is 1. The first-order chi connectivity index (χ1) is 13.4. The Morgan fingerprint density at radius 1 is 1.21 bits per heavy atom. The fraction of sp³-hybridized carbons (Fsp3) is 0.435. The predicted molar refractivity (Wildman–Crippen MR) is 113 cm³/mol. The molecule has 3 rings (SSSR count). The van der Waals surface area contributed by atoms with Crippen LogP contribution in [-0.2, 0) is 16.6 Å². The number of fused-ring (bicyclic) bond motifs is 1. The first kappa shape index (κ1) is 20.7. The molecule has 0 heterocycles. The van der Waals surface area contributed by atoms with E-state index < -0.39 is 5.97 Å². The van der Waals surface area contributed by atoms with Gasteiger partial charge in [0.25, 0.3) is 0 Å². The molecule has 0 fully saturated rings. The molecule has 0 bridgehead atoms. The topological polar surface area (TPSA) is 49.8 Å². The van der Waals surface area contributed by atoms with E-state index in [9.17, 15) is 4.79 Å². The van der Waals surface area contributed by atoms with Crippen molar-refractivity contribution in [2.24, 2.45) is 0 Å². The second-order valence-corrected chi connectivity index (χ2v) is 8.10. The fourth-order valence-corrected chi connectivity index (χ4v) is 4.58. The van der Waals surface area contributed by atoms with Gasteiger partial charge in [-0.05, 0) is 80.2 Å². The van der Waals surface area contributed by atoms with Gasteiger partial charge in [-0.1, -0.05) is 29.8 Å². The van der Waals surface area contributed by atoms with Crippen LogP contribution in [-0.4, -0.2) is 43.2 Å². The number of aliphatic carboxylic acids is 1. The van der Waals surface area contributed by atoms with E-state index in [0.29, 0.717) is 6.54 Å². The molecule has 1 aliphatic carbocycles. The quantitative estimate of drug-likeness (QED) is 0.657. The van der Waals surface area contributed by atoms with Crippen LogP contribution in [0.1, 0.15) is 42.4 Å². The number of hydrogen-bond acceptors (Lipinski definition) is 3. The van der Waals surface area contributed by atoms with Crippen molar-refractivity contribution < 1.29 is 14.6 Å². The summed E-state index contributed by atoms with van der Waals surface area (Å²) in [6, 6.07) is 14.7. The van der Waals surface area contributed by atoms with E-state index in [0.717, 1.165) is 43.0 Å². The average molecular weight is 402 g/mol. The minimum atomic E-state index is -0.747. The summed E-state index contributed by atoms with van der Waals surface area (Å²) in [5, 5.41) is 9.67. The number of carboxylic acids is 1. The number of aryl methyl sites for hydroxylation is 1. The number of methoxy groups -OCH3 is 1. The summed E-state index contributed by atoms with van der Waals surface area (Å²) < 4.78 is 5.34. The van der Waals surface area contributed by atoms with Gasteiger partial charge in [-0.25, -0.2) is 0 Å². The largest absolute Gasteiger partial charge is 0.497 e. The van der Waals surface area contributed by atoms with Gasteiger partial charge in [0.1, 0.15) is 5.75 Å². The number of benzene rings is 2. The lowest BCUT2D eigenvalue weighted by molar-refractivity contribution is -0.137. The molecule has 2 aromatic rings. The summed E-state index contributed by atoms with van der Waals surface area (Å²) >= 11 is 6.24. The van der Waals surface area contributed by atoms with Crippen LogP contribution in [0.3, 0.4) is 0 Å². The normalized spacial score (nSPS) is 18.3. The van der Waals surface area contributed by atoms with Crippen molar-refractivity contribution in [3.63, 3.8) is 0 Å². The molecule has 2 aromatic carbocycles. The number of carboxylic acid groups (broad SMARTS) is 1. The molecule has 1 N–H and O–H groups in total. The van der Waals surface area contributed by atoms with E-state index in [1.807, 2.05) is 25.2 Å². The minimum absolute atomic E-state index is 0.0279. The summed E-state index contributed by atoms with van der Waals surface area (Å²) in [5.74, 6) is 0.116. The summed E-state index contributed by atoms with van der Waals surface area (Å²) in [6.07, 6.45) is 4.29. The molecular weight excluding hydrogens is 374 g/mol. The van der Waals surface area contributed by atoms with Crippen LogP contribution in [0.5, 0.6) is 5.75 Å². The van der Waals surface area contributed by atoms with E-state index in [1.165, 1.54) is 16.7 Å². The van der Waals surface area contributed by atoms with E-state index in [2.05, 4.69) is 29.2 Å². The lowest BCUT2D eigenvalue weighted by atomic mass is 9.72. The Morgan fingerprint density at radius 3 is 2.64 bits per heavy atom. The van der Waals surface area contributed by atoms with E-state index in [-0.39, 0.29) is 11.8 Å². The molecule has 0 saturated carbocycles. The number of carbonyl (C=O) groups is 1. The van der Waals surface area contributed by atoms with Crippen molar-refractivity contribution in [1.29, 1.82) is 0 Å². The summed E-state index contributed by atoms with van der Waals surface area (Å²) in [7, 11) is 3.68. The van der Waals surface area contributed by atoms with Crippen molar-refractivity contribution in [2.45, 2.75) is 37.5 Å². The van der Waals surface area contributed by atoms with Gasteiger partial charge in [-0.2, -0.15) is 0 Å². The molecule has 1 unspecified atom stereocenters. The van der Waals surface area contributed by atoms with Crippen LogP contribution < -0.4 is 4.74 Å². The van der Waals surface area contributed by atoms with Gasteiger partial charge < -0.3 is 14.7 Å². The average Bonchev–Trinajstić information content (AvgIpc) is 3.05. The van der Waals surface area contributed by atoms with Gasteiger partial charge >= 0.3 is 5.97 Å². The number of rotatable bonds is 9. The third-order valence-electron chi connectivity index (χ3n) is 5.90. The molecule has 0 aliphatic heterocycles. The van der Waals surface area contributed by atoms with Crippen LogP contribution in [0.2, 0.25) is 5.02 Å². The Labute approximate surface area is 172 Å². The van der Waals surface area contributed by atoms with Crippen LogP contribution in [0.15, 0.2) is 42.5 Å². The zero-order chi connectivity index (χ0) is 20.1. The highest BCUT2D eigenvalue weighted by Crippen LogP contribution is 2.48. The Morgan fingerprint density at radius 2 is 1.96 bits per heavy atom. The van der Waals surface area contributed by atoms with Gasteiger partial charge in [0.15, 0.2) is 0 Å². The number of ether oxygens (including phenoxy) is 1. The van der Waals surface area contributed by atoms with Crippen molar-refractivity contribution >= 4 is 17.6 Å². The molecule has 0 amide bonds. The van der Waals surface area contributed by atoms with E-state index in [1.54, 1.807) is 7.11 Å². The molecule has 1 atom stereocenters. The third kappa shape index (κ3) is 4.50. The predicted octanol–water partition coefficient (Wildman–Crippen LogP) is 4.77. The SMILES string of the molecule is COc1ccc(C2(CCCN(C)CCC(=O)O)CCc3cc(Cl)ccc32)cc1. The van der Waals surface area contributed by atoms with Crippen molar-refractivity contribution in [2.75, 3.05) is 27.2 Å².